The van der Waals surface area contributed by atoms with Crippen molar-refractivity contribution in [2.45, 2.75) is 0 Å². The first-order valence-corrected chi connectivity index (χ1v) is 2.69. The third-order valence-corrected chi connectivity index (χ3v) is 0.854. The van der Waals surface area contributed by atoms with Crippen LogP contribution >= 0.6 is 11.8 Å². The third-order valence-electron chi connectivity index (χ3n) is 0.285. The van der Waals surface area contributed by atoms with E-state index in [0.29, 0.717) is 0 Å². The molecule has 0 aromatic carbocycles. The molecule has 5 heavy (non-hydrogen) atoms. The van der Waals surface area contributed by atoms with E-state index in [0.717, 1.165) is 5.65 Å². The molecule has 0 heterocycles. The molecule has 0 amide bonds. The minimum absolute atomic E-state index is 1.14. The number of rotatable bonds is 2. The van der Waals surface area contributed by atoms with Crippen molar-refractivity contribution in [2.75, 3.05) is 5.65 Å². The lowest BCUT2D eigenvalue weighted by molar-refractivity contribution is 2.23. The molecule has 0 aromatic heterocycles. The van der Waals surface area contributed by atoms with Gasteiger partial charge in [0.1, 0.15) is 7.85 Å². The van der Waals surface area contributed by atoms with Gasteiger partial charge in [0.15, 0.2) is 0 Å². The Morgan fingerprint density at radius 3 is 2.60 bits per heavy atom. The fraction of sp³-hybridized carbons (Fsp3) is 0.333. The van der Waals surface area contributed by atoms with Crippen LogP contribution in [0, 0.1) is 0 Å². The van der Waals surface area contributed by atoms with Crippen LogP contribution in [0.1, 0.15) is 0 Å². The van der Waals surface area contributed by atoms with Crippen LogP contribution in [0.15, 0.2) is 12.0 Å². The Balaban J connectivity index is 2.40. The van der Waals surface area contributed by atoms with Crippen LogP contribution in [0.4, 0.5) is 0 Å². The summed E-state index contributed by atoms with van der Waals surface area (Å²) >= 11 is 1.73. The summed E-state index contributed by atoms with van der Waals surface area (Å²) in [5, 5.41) is 1.85. The molecule has 0 aliphatic carbocycles. The van der Waals surface area contributed by atoms with Gasteiger partial charge in [0.2, 0.25) is 0 Å². The SMILES string of the molecule is BCSC=C. The van der Waals surface area contributed by atoms with Gasteiger partial charge in [0, 0.05) is 0 Å². The van der Waals surface area contributed by atoms with E-state index in [1.807, 2.05) is 5.41 Å². The maximum Gasteiger partial charge on any atom is 0.114 e. The molecule has 0 unspecified atom stereocenters. The average Bonchev–Trinajstić information content (AvgIpc) is 1.41. The molecule has 0 nitrogen and oxygen atoms in total. The normalized spacial score (nSPS) is 7.20. The molecule has 0 aliphatic heterocycles. The Hall–Kier alpha value is 0.155. The van der Waals surface area contributed by atoms with Gasteiger partial charge in [-0.05, 0) is 11.1 Å². The molecule has 0 rings (SSSR count). The van der Waals surface area contributed by atoms with Gasteiger partial charge in [-0.3, -0.25) is 0 Å². The molecule has 0 N–H and O–H groups in total. The summed E-state index contributed by atoms with van der Waals surface area (Å²) in [6.07, 6.45) is 0. The summed E-state index contributed by atoms with van der Waals surface area (Å²) < 4.78 is 0. The first-order chi connectivity index (χ1) is 2.41. The zero-order valence-corrected chi connectivity index (χ0v) is 4.22. The molecule has 0 saturated carbocycles. The highest BCUT2D eigenvalue weighted by Gasteiger charge is 1.62. The second-order valence-electron chi connectivity index (χ2n) is 0.622. The smallest absolute Gasteiger partial charge is 0.114 e. The van der Waals surface area contributed by atoms with Crippen molar-refractivity contribution < 1.29 is 0 Å². The highest BCUT2D eigenvalue weighted by Crippen LogP contribution is 1.92. The van der Waals surface area contributed by atoms with Crippen LogP contribution in [0.25, 0.3) is 0 Å². The summed E-state index contributed by atoms with van der Waals surface area (Å²) in [5.41, 5.74) is 1.14. The molecule has 0 atom stereocenters. The van der Waals surface area contributed by atoms with Gasteiger partial charge in [-0.25, -0.2) is 0 Å². The van der Waals surface area contributed by atoms with Crippen LogP contribution in [0.2, 0.25) is 0 Å². The van der Waals surface area contributed by atoms with Gasteiger partial charge in [-0.1, -0.05) is 6.58 Å². The van der Waals surface area contributed by atoms with Crippen molar-refractivity contribution in [2.24, 2.45) is 0 Å². The first kappa shape index (κ1) is 5.15. The molecule has 0 fully saturated rings. The number of hydrogen-bond acceptors (Lipinski definition) is 1. The topological polar surface area (TPSA) is 0 Å². The van der Waals surface area contributed by atoms with Gasteiger partial charge in [0.25, 0.3) is 0 Å². The molecular formula is C3H7BS. The van der Waals surface area contributed by atoms with E-state index in [1.54, 1.807) is 11.8 Å². The molecular weight excluding hydrogens is 78.9 g/mol. The fourth-order valence-electron chi connectivity index (χ4n) is 0.118. The van der Waals surface area contributed by atoms with E-state index >= 15 is 0 Å². The summed E-state index contributed by atoms with van der Waals surface area (Å²) in [5.74, 6) is 0. The van der Waals surface area contributed by atoms with E-state index < -0.39 is 0 Å². The minimum Gasteiger partial charge on any atom is -0.144 e. The highest BCUT2D eigenvalue weighted by atomic mass is 32.2. The Bertz CT molecular complexity index is 28.1. The first-order valence-electron chi connectivity index (χ1n) is 1.64. The van der Waals surface area contributed by atoms with E-state index in [2.05, 4.69) is 14.4 Å². The summed E-state index contributed by atoms with van der Waals surface area (Å²) in [7, 11) is 2.10. The predicted octanol–water partition coefficient (Wildman–Crippen LogP) is 0.454. The zero-order valence-electron chi connectivity index (χ0n) is 3.40. The quantitative estimate of drug-likeness (QED) is 0.440. The molecule has 0 bridgehead atoms. The van der Waals surface area contributed by atoms with Crippen LogP contribution in [-0.2, 0) is 0 Å². The zero-order chi connectivity index (χ0) is 4.12. The fourth-order valence-corrected chi connectivity index (χ4v) is 0.354. The lowest BCUT2D eigenvalue weighted by Crippen LogP contribution is -1.63. The van der Waals surface area contributed by atoms with Gasteiger partial charge in [0.05, 0.1) is 0 Å². The third kappa shape index (κ3) is 4.15. The maximum absolute atomic E-state index is 3.51. The van der Waals surface area contributed by atoms with Gasteiger partial charge in [-0.15, -0.1) is 11.8 Å². The van der Waals surface area contributed by atoms with Gasteiger partial charge < -0.3 is 0 Å². The lowest BCUT2D eigenvalue weighted by Gasteiger charge is -1.73. The molecule has 0 spiro atoms. The Kier molecular flexibility index (Phi) is 4.28. The summed E-state index contributed by atoms with van der Waals surface area (Å²) in [4.78, 5) is 0. The Labute approximate surface area is 38.1 Å². The molecule has 0 saturated heterocycles. The van der Waals surface area contributed by atoms with Gasteiger partial charge >= 0.3 is 0 Å². The maximum atomic E-state index is 3.51. The number of thioether (sulfide) groups is 1. The summed E-state index contributed by atoms with van der Waals surface area (Å²) in [6, 6.07) is 0. The summed E-state index contributed by atoms with van der Waals surface area (Å²) in [6.45, 7) is 3.51. The monoisotopic (exact) mass is 86.0 g/mol. The van der Waals surface area contributed by atoms with Gasteiger partial charge in [-0.2, -0.15) is 0 Å². The van der Waals surface area contributed by atoms with E-state index in [1.165, 1.54) is 0 Å². The second kappa shape index (κ2) is 4.15. The average molecular weight is 86.0 g/mol. The standard InChI is InChI=1S/C3H7BS/c1-2-5-3-4/h2H,1,3-4H2. The van der Waals surface area contributed by atoms with Crippen molar-refractivity contribution in [3.63, 3.8) is 0 Å². The van der Waals surface area contributed by atoms with Crippen molar-refractivity contribution in [1.82, 2.24) is 0 Å². The van der Waals surface area contributed by atoms with Crippen LogP contribution in [-0.4, -0.2) is 13.5 Å². The van der Waals surface area contributed by atoms with Crippen molar-refractivity contribution in [1.29, 1.82) is 0 Å². The second-order valence-corrected chi connectivity index (χ2v) is 1.87. The van der Waals surface area contributed by atoms with Crippen molar-refractivity contribution >= 4 is 19.6 Å². The Morgan fingerprint density at radius 1 is 2.00 bits per heavy atom. The molecule has 2 heteroatoms. The minimum atomic E-state index is 1.14. The Morgan fingerprint density at radius 2 is 2.60 bits per heavy atom. The highest BCUT2D eigenvalue weighted by molar-refractivity contribution is 8.03. The predicted molar refractivity (Wildman–Crippen MR) is 31.2 cm³/mol. The molecule has 0 aromatic rings. The van der Waals surface area contributed by atoms with Crippen molar-refractivity contribution in [3.8, 4) is 0 Å². The largest absolute Gasteiger partial charge is 0.144 e. The van der Waals surface area contributed by atoms with E-state index in [4.69, 9.17) is 0 Å². The van der Waals surface area contributed by atoms with Crippen LogP contribution < -0.4 is 0 Å². The lowest BCUT2D eigenvalue weighted by atomic mass is 10.2. The van der Waals surface area contributed by atoms with Crippen molar-refractivity contribution in [3.05, 3.63) is 12.0 Å². The molecule has 28 valence electrons. The molecule has 0 radical (unpaired) electrons. The van der Waals surface area contributed by atoms with Crippen LogP contribution in [0.3, 0.4) is 0 Å². The van der Waals surface area contributed by atoms with Crippen LogP contribution in [0.5, 0.6) is 0 Å². The van der Waals surface area contributed by atoms with E-state index in [9.17, 15) is 0 Å². The number of hydrogen-bond donors (Lipinski definition) is 0. The molecule has 0 aliphatic rings. The van der Waals surface area contributed by atoms with E-state index in [-0.39, 0.29) is 0 Å².